The van der Waals surface area contributed by atoms with Crippen LogP contribution >= 0.6 is 0 Å². The first-order valence-electron chi connectivity index (χ1n) is 28.4. The quantitative estimate of drug-likeness (QED) is 0.0321. The molecule has 0 aliphatic rings. The number of nitrogens with one attached hydrogen (secondary N) is 1. The average molecular weight is 913 g/mol. The lowest BCUT2D eigenvalue weighted by Crippen LogP contribution is -2.46. The van der Waals surface area contributed by atoms with E-state index in [0.29, 0.717) is 19.3 Å². The zero-order chi connectivity index (χ0) is 47.4. The lowest BCUT2D eigenvalue weighted by atomic mass is 10.0. The fourth-order valence-electron chi connectivity index (χ4n) is 8.68. The number of carbonyl (C=O) groups is 2. The average Bonchev–Trinajstić information content (AvgIpc) is 3.30. The largest absolute Gasteiger partial charge is 0.462 e. The summed E-state index contributed by atoms with van der Waals surface area (Å²) in [5.41, 5.74) is 0. The second-order valence-corrected chi connectivity index (χ2v) is 19.4. The van der Waals surface area contributed by atoms with Gasteiger partial charge in [0.25, 0.3) is 0 Å². The van der Waals surface area contributed by atoms with Gasteiger partial charge in [-0.15, -0.1) is 0 Å². The Kier molecular flexibility index (Phi) is 51.0. The molecule has 0 aromatic carbocycles. The van der Waals surface area contributed by atoms with Gasteiger partial charge in [-0.1, -0.05) is 275 Å². The summed E-state index contributed by atoms with van der Waals surface area (Å²) in [6.45, 7) is 6.46. The molecule has 6 nitrogen and oxygen atoms in total. The molecule has 0 aromatic rings. The van der Waals surface area contributed by atoms with Crippen molar-refractivity contribution in [1.82, 2.24) is 5.32 Å². The van der Waals surface area contributed by atoms with Gasteiger partial charge in [0, 0.05) is 6.42 Å². The Morgan fingerprint density at radius 1 is 0.446 bits per heavy atom. The van der Waals surface area contributed by atoms with Crippen LogP contribution in [0.15, 0.2) is 48.6 Å². The van der Waals surface area contributed by atoms with Crippen molar-refractivity contribution < 1.29 is 24.5 Å². The van der Waals surface area contributed by atoms with Gasteiger partial charge in [-0.3, -0.25) is 9.59 Å². The van der Waals surface area contributed by atoms with E-state index in [1.54, 1.807) is 0 Å². The molecule has 0 aliphatic heterocycles. The predicted molar refractivity (Wildman–Crippen MR) is 282 cm³/mol. The number of allylic oxidation sites excluding steroid dienone is 8. The molecule has 0 spiro atoms. The summed E-state index contributed by atoms with van der Waals surface area (Å²) in [6, 6.07) is -0.714. The first kappa shape index (κ1) is 62.8. The molecule has 0 radical (unpaired) electrons. The summed E-state index contributed by atoms with van der Waals surface area (Å²) in [5, 5.41) is 23.8. The van der Waals surface area contributed by atoms with E-state index < -0.39 is 18.2 Å². The van der Waals surface area contributed by atoms with Gasteiger partial charge in [0.2, 0.25) is 5.91 Å². The Morgan fingerprint density at radius 2 is 0.785 bits per heavy atom. The van der Waals surface area contributed by atoms with Crippen LogP contribution in [0, 0.1) is 0 Å². The summed E-state index contributed by atoms with van der Waals surface area (Å²) in [5.74, 6) is -0.500. The number of carbonyl (C=O) groups excluding carboxylic acids is 2. The van der Waals surface area contributed by atoms with Crippen molar-refractivity contribution in [3.63, 3.8) is 0 Å². The standard InChI is InChI=1S/C59H109NO5/c1-4-7-10-13-16-19-22-25-28-30-32-35-38-41-44-47-50-55(65-59(64)52-49-46-43-40-37-34-31-29-26-23-20-17-14-11-8-5-2)53-58(63)60-56(54-61)57(62)51-48-45-42-39-36-33-27-24-21-18-15-12-9-6-3/h16,19,22,25,28,30,32,35,55-57,61-62H,4-15,17-18,20-21,23-24,26-27,29,31,33-34,36-54H2,1-3H3,(H,60,63)/b19-16+,25-22+,30-28+,35-32+. The molecule has 380 valence electrons. The Morgan fingerprint density at radius 3 is 1.22 bits per heavy atom. The molecule has 6 heteroatoms. The molecule has 65 heavy (non-hydrogen) atoms. The predicted octanol–water partition coefficient (Wildman–Crippen LogP) is 17.4. The van der Waals surface area contributed by atoms with Gasteiger partial charge in [0.05, 0.1) is 25.2 Å². The summed E-state index contributed by atoms with van der Waals surface area (Å²) in [7, 11) is 0. The number of unbranched alkanes of at least 4 members (excludes halogenated alkanes) is 34. The highest BCUT2D eigenvalue weighted by Crippen LogP contribution is 2.18. The van der Waals surface area contributed by atoms with E-state index in [1.807, 2.05) is 0 Å². The van der Waals surface area contributed by atoms with Crippen molar-refractivity contribution >= 4 is 11.9 Å². The van der Waals surface area contributed by atoms with E-state index in [9.17, 15) is 19.8 Å². The van der Waals surface area contributed by atoms with E-state index in [1.165, 1.54) is 173 Å². The Hall–Kier alpha value is -2.18. The van der Waals surface area contributed by atoms with Crippen molar-refractivity contribution in [3.05, 3.63) is 48.6 Å². The Labute approximate surface area is 404 Å². The van der Waals surface area contributed by atoms with Crippen LogP contribution in [0.3, 0.4) is 0 Å². The molecule has 1 amide bonds. The summed E-state index contributed by atoms with van der Waals surface area (Å²) in [4.78, 5) is 26.2. The number of esters is 1. The summed E-state index contributed by atoms with van der Waals surface area (Å²) < 4.78 is 5.94. The molecule has 0 fully saturated rings. The molecule has 0 rings (SSSR count). The fourth-order valence-corrected chi connectivity index (χ4v) is 8.68. The Bertz CT molecular complexity index is 1110. The van der Waals surface area contributed by atoms with Gasteiger partial charge in [-0.2, -0.15) is 0 Å². The van der Waals surface area contributed by atoms with E-state index in [0.717, 1.165) is 70.6 Å². The number of aliphatic hydroxyl groups excluding tert-OH is 2. The molecule has 0 aliphatic carbocycles. The van der Waals surface area contributed by atoms with Crippen molar-refractivity contribution in [3.8, 4) is 0 Å². The molecule has 3 N–H and O–H groups in total. The highest BCUT2D eigenvalue weighted by Gasteiger charge is 2.24. The van der Waals surface area contributed by atoms with Crippen molar-refractivity contribution in [2.24, 2.45) is 0 Å². The minimum absolute atomic E-state index is 0.0545. The number of aliphatic hydroxyl groups is 2. The third-order valence-electron chi connectivity index (χ3n) is 13.0. The van der Waals surface area contributed by atoms with E-state index in [4.69, 9.17) is 4.74 Å². The molecule has 3 atom stereocenters. The number of rotatable bonds is 51. The smallest absolute Gasteiger partial charge is 0.306 e. The lowest BCUT2D eigenvalue weighted by Gasteiger charge is -2.24. The summed E-state index contributed by atoms with van der Waals surface area (Å²) >= 11 is 0. The van der Waals surface area contributed by atoms with Crippen LogP contribution < -0.4 is 5.32 Å². The number of hydrogen-bond acceptors (Lipinski definition) is 5. The molecule has 0 heterocycles. The highest BCUT2D eigenvalue weighted by atomic mass is 16.5. The van der Waals surface area contributed by atoms with Crippen LogP contribution in [0.2, 0.25) is 0 Å². The third kappa shape index (κ3) is 48.1. The molecule has 0 saturated heterocycles. The van der Waals surface area contributed by atoms with E-state index in [2.05, 4.69) is 74.7 Å². The molecule has 0 saturated carbocycles. The van der Waals surface area contributed by atoms with Gasteiger partial charge >= 0.3 is 5.97 Å². The second-order valence-electron chi connectivity index (χ2n) is 19.4. The topological polar surface area (TPSA) is 95.9 Å². The zero-order valence-electron chi connectivity index (χ0n) is 43.4. The maximum atomic E-state index is 13.3. The normalized spacial score (nSPS) is 13.5. The second kappa shape index (κ2) is 52.8. The van der Waals surface area contributed by atoms with Crippen LogP contribution in [0.4, 0.5) is 0 Å². The molecule has 0 bridgehead atoms. The molecule has 0 aromatic heterocycles. The first-order valence-corrected chi connectivity index (χ1v) is 28.4. The van der Waals surface area contributed by atoms with Crippen LogP contribution in [0.1, 0.15) is 290 Å². The minimum Gasteiger partial charge on any atom is -0.462 e. The van der Waals surface area contributed by atoms with Crippen molar-refractivity contribution in [2.45, 2.75) is 309 Å². The van der Waals surface area contributed by atoms with Crippen LogP contribution in [-0.2, 0) is 14.3 Å². The Balaban J connectivity index is 4.62. The van der Waals surface area contributed by atoms with Gasteiger partial charge in [-0.05, 0) is 51.4 Å². The van der Waals surface area contributed by atoms with Crippen molar-refractivity contribution in [1.29, 1.82) is 0 Å². The number of amides is 1. The first-order chi connectivity index (χ1) is 32.0. The maximum absolute atomic E-state index is 13.3. The number of hydrogen-bond donors (Lipinski definition) is 3. The van der Waals surface area contributed by atoms with Gasteiger partial charge in [0.15, 0.2) is 0 Å². The van der Waals surface area contributed by atoms with Gasteiger partial charge in [-0.25, -0.2) is 0 Å². The van der Waals surface area contributed by atoms with Gasteiger partial charge < -0.3 is 20.3 Å². The third-order valence-corrected chi connectivity index (χ3v) is 13.0. The zero-order valence-corrected chi connectivity index (χ0v) is 43.4. The van der Waals surface area contributed by atoms with Crippen LogP contribution in [0.5, 0.6) is 0 Å². The molecular formula is C59H109NO5. The fraction of sp³-hybridized carbons (Fsp3) is 0.831. The summed E-state index contributed by atoms with van der Waals surface area (Å²) in [6.07, 6.45) is 64.5. The van der Waals surface area contributed by atoms with Crippen LogP contribution in [0.25, 0.3) is 0 Å². The monoisotopic (exact) mass is 912 g/mol. The lowest BCUT2D eigenvalue weighted by molar-refractivity contribution is -0.151. The minimum atomic E-state index is -0.798. The molecular weight excluding hydrogens is 803 g/mol. The highest BCUT2D eigenvalue weighted by molar-refractivity contribution is 5.77. The SMILES string of the molecule is CCCCC/C=C/C=C/C=C/C=C/CCCCCC(CC(=O)NC(CO)C(O)CCCCCCCCCCCCCCCC)OC(=O)CCCCCCCCCCCCCCCCCC. The van der Waals surface area contributed by atoms with E-state index in [-0.39, 0.29) is 24.9 Å². The van der Waals surface area contributed by atoms with Gasteiger partial charge in [0.1, 0.15) is 6.10 Å². The van der Waals surface area contributed by atoms with Crippen LogP contribution in [-0.4, -0.2) is 46.9 Å². The van der Waals surface area contributed by atoms with Crippen molar-refractivity contribution in [2.75, 3.05) is 6.61 Å². The number of ether oxygens (including phenoxy) is 1. The maximum Gasteiger partial charge on any atom is 0.306 e. The van der Waals surface area contributed by atoms with E-state index >= 15 is 0 Å². The molecule has 3 unspecified atom stereocenters.